The summed E-state index contributed by atoms with van der Waals surface area (Å²) in [6.45, 7) is 0.473. The Morgan fingerprint density at radius 1 is 1.30 bits per heavy atom. The van der Waals surface area contributed by atoms with Gasteiger partial charge in [0.05, 0.1) is 21.7 Å². The zero-order chi connectivity index (χ0) is 16.2. The van der Waals surface area contributed by atoms with Crippen LogP contribution in [0.4, 0.5) is 4.39 Å². The number of fused-ring (bicyclic) bond motifs is 4. The van der Waals surface area contributed by atoms with Gasteiger partial charge in [-0.05, 0) is 28.1 Å². The maximum Gasteiger partial charge on any atom is 0.225 e. The molecule has 0 aliphatic carbocycles. The van der Waals surface area contributed by atoms with Gasteiger partial charge in [0.2, 0.25) is 5.88 Å². The monoisotopic (exact) mass is 397 g/mol. The van der Waals surface area contributed by atoms with Crippen LogP contribution in [-0.4, -0.2) is 24.0 Å². The number of hydrogen-bond donors (Lipinski definition) is 1. The average molecular weight is 399 g/mol. The lowest BCUT2D eigenvalue weighted by molar-refractivity contribution is 0.109. The van der Waals surface area contributed by atoms with Crippen LogP contribution in [0, 0.1) is 5.82 Å². The Labute approximate surface area is 144 Å². The molecule has 0 saturated carbocycles. The lowest BCUT2D eigenvalue weighted by atomic mass is 9.81. The lowest BCUT2D eigenvalue weighted by Gasteiger charge is -2.38. The number of hydrogen-bond acceptors (Lipinski definition) is 5. The highest BCUT2D eigenvalue weighted by Crippen LogP contribution is 2.50. The molecule has 0 radical (unpaired) electrons. The molecule has 2 N–H and O–H groups in total. The number of halogens is 3. The summed E-state index contributed by atoms with van der Waals surface area (Å²) in [7, 11) is 0. The van der Waals surface area contributed by atoms with Crippen LogP contribution in [0.1, 0.15) is 11.1 Å². The summed E-state index contributed by atoms with van der Waals surface area (Å²) < 4.78 is 25.6. The van der Waals surface area contributed by atoms with E-state index in [1.54, 1.807) is 12.1 Å². The van der Waals surface area contributed by atoms with Gasteiger partial charge in [0, 0.05) is 17.8 Å². The quantitative estimate of drug-likeness (QED) is 0.739. The summed E-state index contributed by atoms with van der Waals surface area (Å²) in [5.41, 5.74) is 6.23. The molecule has 2 aliphatic heterocycles. The molecule has 4 rings (SSSR count). The molecule has 1 aromatic heterocycles. The minimum atomic E-state index is -0.959. The number of benzene rings is 1. The minimum absolute atomic E-state index is 0.233. The molecule has 118 valence electrons. The molecule has 2 aliphatic rings. The van der Waals surface area contributed by atoms with Gasteiger partial charge in [-0.15, -0.1) is 0 Å². The first-order chi connectivity index (χ1) is 11.0. The zero-order valence-electron chi connectivity index (χ0n) is 11.6. The van der Waals surface area contributed by atoms with Crippen LogP contribution in [0.5, 0.6) is 11.6 Å². The van der Waals surface area contributed by atoms with E-state index in [9.17, 15) is 4.39 Å². The van der Waals surface area contributed by atoms with Crippen LogP contribution in [0.15, 0.2) is 33.9 Å². The number of nitrogens with zero attached hydrogens (tertiary/aromatic N) is 2. The number of rotatable bonds is 0. The van der Waals surface area contributed by atoms with E-state index in [1.807, 2.05) is 0 Å². The molecule has 3 heterocycles. The summed E-state index contributed by atoms with van der Waals surface area (Å²) in [6.07, 6.45) is 1.46. The lowest BCUT2D eigenvalue weighted by Crippen LogP contribution is -2.42. The molecule has 0 fully saturated rings. The molecule has 0 amide bonds. The van der Waals surface area contributed by atoms with Crippen LogP contribution in [-0.2, 0) is 10.3 Å². The fourth-order valence-corrected chi connectivity index (χ4v) is 3.38. The molecular weight excluding hydrogens is 389 g/mol. The molecule has 23 heavy (non-hydrogen) atoms. The predicted molar refractivity (Wildman–Crippen MR) is 86.6 cm³/mol. The molecular formula is C15H10BrClFN3O2. The first-order valence-corrected chi connectivity index (χ1v) is 7.92. The van der Waals surface area contributed by atoms with Gasteiger partial charge in [0.25, 0.3) is 0 Å². The first kappa shape index (κ1) is 14.9. The third-order valence-corrected chi connectivity index (χ3v) is 4.65. The van der Waals surface area contributed by atoms with Crippen molar-refractivity contribution in [3.63, 3.8) is 0 Å². The number of pyridine rings is 1. The van der Waals surface area contributed by atoms with Gasteiger partial charge in [-0.3, -0.25) is 4.99 Å². The van der Waals surface area contributed by atoms with Crippen molar-refractivity contribution in [2.45, 2.75) is 5.54 Å². The predicted octanol–water partition coefficient (Wildman–Crippen LogP) is 3.37. The standard InChI is InChI=1S/C15H10BrClFN3O2/c16-10-2-8-12(3-11(10)18)23-14-9(1-7(17)4-20-14)15(8)6-22-5-13(19)21-15/h1-4H,5-6H2,(H2,19,21). The Kier molecular flexibility index (Phi) is 3.33. The van der Waals surface area contributed by atoms with Crippen LogP contribution in [0.2, 0.25) is 5.02 Å². The van der Waals surface area contributed by atoms with E-state index in [1.165, 1.54) is 12.3 Å². The zero-order valence-corrected chi connectivity index (χ0v) is 14.0. The average Bonchev–Trinajstić information content (AvgIpc) is 2.51. The van der Waals surface area contributed by atoms with E-state index < -0.39 is 11.4 Å². The highest BCUT2D eigenvalue weighted by Gasteiger charge is 2.46. The van der Waals surface area contributed by atoms with Gasteiger partial charge >= 0.3 is 0 Å². The van der Waals surface area contributed by atoms with Crippen molar-refractivity contribution in [3.05, 3.63) is 50.8 Å². The third-order valence-electron chi connectivity index (χ3n) is 3.83. The van der Waals surface area contributed by atoms with Crippen molar-refractivity contribution >= 4 is 33.4 Å². The fraction of sp³-hybridized carbons (Fsp3) is 0.200. The second-order valence-electron chi connectivity index (χ2n) is 5.33. The van der Waals surface area contributed by atoms with Crippen molar-refractivity contribution in [1.82, 2.24) is 4.98 Å². The normalized spacial score (nSPS) is 22.1. The number of nitrogens with two attached hydrogens (primary N) is 1. The highest BCUT2D eigenvalue weighted by atomic mass is 79.9. The maximum absolute atomic E-state index is 13.9. The molecule has 1 atom stereocenters. The molecule has 8 heteroatoms. The molecule has 2 aromatic rings. The third kappa shape index (κ3) is 2.22. The van der Waals surface area contributed by atoms with Crippen molar-refractivity contribution in [2.24, 2.45) is 10.7 Å². The summed E-state index contributed by atoms with van der Waals surface area (Å²) in [4.78, 5) is 8.81. The second-order valence-corrected chi connectivity index (χ2v) is 6.62. The van der Waals surface area contributed by atoms with Gasteiger partial charge in [0.15, 0.2) is 0 Å². The molecule has 1 spiro atoms. The number of aliphatic imine (C=N–C) groups is 1. The van der Waals surface area contributed by atoms with Gasteiger partial charge in [-0.25, -0.2) is 9.37 Å². The topological polar surface area (TPSA) is 69.7 Å². The first-order valence-electron chi connectivity index (χ1n) is 6.75. The van der Waals surface area contributed by atoms with E-state index in [-0.39, 0.29) is 13.2 Å². The van der Waals surface area contributed by atoms with E-state index >= 15 is 0 Å². The van der Waals surface area contributed by atoms with Crippen LogP contribution in [0.3, 0.4) is 0 Å². The Bertz CT molecular complexity index is 861. The van der Waals surface area contributed by atoms with Crippen molar-refractivity contribution in [1.29, 1.82) is 0 Å². The van der Waals surface area contributed by atoms with Crippen molar-refractivity contribution < 1.29 is 13.9 Å². The summed E-state index contributed by atoms with van der Waals surface area (Å²) in [5, 5.41) is 0.440. The van der Waals surface area contributed by atoms with E-state index in [2.05, 4.69) is 25.9 Å². The van der Waals surface area contributed by atoms with Crippen LogP contribution < -0.4 is 10.5 Å². The van der Waals surface area contributed by atoms with Gasteiger partial charge in [0.1, 0.15) is 29.5 Å². The number of ether oxygens (including phenoxy) is 2. The molecule has 5 nitrogen and oxygen atoms in total. The minimum Gasteiger partial charge on any atom is -0.438 e. The largest absolute Gasteiger partial charge is 0.438 e. The second kappa shape index (κ2) is 5.15. The maximum atomic E-state index is 13.9. The highest BCUT2D eigenvalue weighted by molar-refractivity contribution is 9.10. The summed E-state index contributed by atoms with van der Waals surface area (Å²) in [6, 6.07) is 4.64. The smallest absolute Gasteiger partial charge is 0.225 e. The van der Waals surface area contributed by atoms with Crippen LogP contribution >= 0.6 is 27.5 Å². The number of aromatic nitrogens is 1. The number of amidine groups is 1. The molecule has 0 bridgehead atoms. The van der Waals surface area contributed by atoms with Crippen molar-refractivity contribution in [3.8, 4) is 11.6 Å². The van der Waals surface area contributed by atoms with E-state index in [0.29, 0.717) is 38.1 Å². The Morgan fingerprint density at radius 3 is 2.91 bits per heavy atom. The summed E-state index contributed by atoms with van der Waals surface area (Å²) in [5.74, 6) is 0.543. The van der Waals surface area contributed by atoms with Gasteiger partial charge < -0.3 is 15.2 Å². The van der Waals surface area contributed by atoms with E-state index in [4.69, 9.17) is 26.8 Å². The fourth-order valence-electron chi connectivity index (χ4n) is 2.88. The Hall–Kier alpha value is -1.70. The molecule has 0 saturated heterocycles. The Morgan fingerprint density at radius 2 is 2.13 bits per heavy atom. The molecule has 1 unspecified atom stereocenters. The van der Waals surface area contributed by atoms with Crippen LogP contribution in [0.25, 0.3) is 0 Å². The van der Waals surface area contributed by atoms with E-state index in [0.717, 1.165) is 0 Å². The van der Waals surface area contributed by atoms with Crippen molar-refractivity contribution in [2.75, 3.05) is 13.2 Å². The van der Waals surface area contributed by atoms with Gasteiger partial charge in [-0.2, -0.15) is 0 Å². The molecule has 1 aromatic carbocycles. The van der Waals surface area contributed by atoms with Gasteiger partial charge in [-0.1, -0.05) is 11.6 Å². The summed E-state index contributed by atoms with van der Waals surface area (Å²) >= 11 is 9.29. The Balaban J connectivity index is 2.06. The SMILES string of the molecule is NC1=NC2(COC1)c1cc(Br)c(F)cc1Oc1ncc(Cl)cc12.